The highest BCUT2D eigenvalue weighted by Gasteiger charge is 2.41. The van der Waals surface area contributed by atoms with Crippen LogP contribution in [0.15, 0.2) is 95.5 Å². The highest BCUT2D eigenvalue weighted by molar-refractivity contribution is 9.10. The molecule has 0 spiro atoms. The molecule has 37 heavy (non-hydrogen) atoms. The maximum absolute atomic E-state index is 3.71. The molecule has 0 fully saturated rings. The summed E-state index contributed by atoms with van der Waals surface area (Å²) in [5, 5.41) is 8.06. The largest absolute Gasteiger partial charge is 0.0616 e. The van der Waals surface area contributed by atoms with Crippen molar-refractivity contribution in [2.45, 2.75) is 38.5 Å². The fourth-order valence-corrected chi connectivity index (χ4v) is 7.69. The maximum Gasteiger partial charge on any atom is 0.0178 e. The molecule has 0 unspecified atom stereocenters. The molecule has 0 nitrogen and oxygen atoms in total. The van der Waals surface area contributed by atoms with Gasteiger partial charge in [-0.1, -0.05) is 98.2 Å². The molecule has 0 heterocycles. The van der Waals surface area contributed by atoms with Crippen LogP contribution in [0.5, 0.6) is 0 Å². The van der Waals surface area contributed by atoms with Gasteiger partial charge in [-0.25, -0.2) is 0 Å². The van der Waals surface area contributed by atoms with E-state index in [1.807, 2.05) is 0 Å². The van der Waals surface area contributed by atoms with Gasteiger partial charge in [0, 0.05) is 15.3 Å². The molecule has 0 aromatic heterocycles. The molecule has 0 atom stereocenters. The Kier molecular flexibility index (Phi) is 4.04. The van der Waals surface area contributed by atoms with Crippen LogP contribution in [-0.4, -0.2) is 0 Å². The van der Waals surface area contributed by atoms with E-state index in [1.54, 1.807) is 0 Å². The number of benzene rings is 6. The van der Waals surface area contributed by atoms with Gasteiger partial charge in [-0.3, -0.25) is 0 Å². The van der Waals surface area contributed by atoms with Gasteiger partial charge in [0.05, 0.1) is 0 Å². The van der Waals surface area contributed by atoms with Gasteiger partial charge in [-0.15, -0.1) is 0 Å². The third-order valence-electron chi connectivity index (χ3n) is 9.30. The molecule has 0 amide bonds. The summed E-state index contributed by atoms with van der Waals surface area (Å²) in [4.78, 5) is 0. The quantitative estimate of drug-likeness (QED) is 0.169. The minimum atomic E-state index is -0.0666. The Morgan fingerprint density at radius 3 is 1.38 bits per heavy atom. The first-order valence-corrected chi connectivity index (χ1v) is 13.9. The van der Waals surface area contributed by atoms with Crippen LogP contribution in [0.4, 0.5) is 0 Å². The molecular formula is C36H27Br. The Morgan fingerprint density at radius 1 is 0.405 bits per heavy atom. The van der Waals surface area contributed by atoms with Crippen molar-refractivity contribution < 1.29 is 0 Å². The summed E-state index contributed by atoms with van der Waals surface area (Å²) in [6, 6.07) is 34.6. The summed E-state index contributed by atoms with van der Waals surface area (Å²) in [7, 11) is 0. The lowest BCUT2D eigenvalue weighted by Gasteiger charge is -2.24. The van der Waals surface area contributed by atoms with E-state index in [4.69, 9.17) is 0 Å². The summed E-state index contributed by atoms with van der Waals surface area (Å²) < 4.78 is 1.15. The van der Waals surface area contributed by atoms with Crippen LogP contribution >= 0.6 is 15.9 Å². The van der Waals surface area contributed by atoms with Crippen molar-refractivity contribution in [2.24, 2.45) is 0 Å². The zero-order chi connectivity index (χ0) is 25.3. The minimum Gasteiger partial charge on any atom is -0.0616 e. The SMILES string of the molecule is CC1(C)c2cc(Br)ccc2-c2cc3c(cc21)-c1cc2c4ccccc4c4ccccc4c2cc1C3(C)C. The molecule has 2 aliphatic rings. The molecule has 8 rings (SSSR count). The van der Waals surface area contributed by atoms with E-state index in [0.29, 0.717) is 0 Å². The first-order chi connectivity index (χ1) is 17.8. The molecule has 0 saturated heterocycles. The molecule has 0 saturated carbocycles. The van der Waals surface area contributed by atoms with Crippen molar-refractivity contribution in [1.29, 1.82) is 0 Å². The van der Waals surface area contributed by atoms with E-state index in [9.17, 15) is 0 Å². The monoisotopic (exact) mass is 538 g/mol. The smallest absolute Gasteiger partial charge is 0.0178 e. The fraction of sp³-hybridized carbons (Fsp3) is 0.167. The lowest BCUT2D eigenvalue weighted by Crippen LogP contribution is -2.17. The Bertz CT molecular complexity index is 1990. The van der Waals surface area contributed by atoms with Crippen LogP contribution in [0.1, 0.15) is 49.9 Å². The molecule has 0 radical (unpaired) electrons. The van der Waals surface area contributed by atoms with E-state index in [2.05, 4.69) is 135 Å². The van der Waals surface area contributed by atoms with Crippen LogP contribution < -0.4 is 0 Å². The van der Waals surface area contributed by atoms with E-state index in [-0.39, 0.29) is 10.8 Å². The summed E-state index contributed by atoms with van der Waals surface area (Å²) >= 11 is 3.71. The molecular weight excluding hydrogens is 512 g/mol. The molecule has 0 bridgehead atoms. The van der Waals surface area contributed by atoms with Gasteiger partial charge in [-0.2, -0.15) is 0 Å². The lowest BCUT2D eigenvalue weighted by molar-refractivity contribution is 0.652. The van der Waals surface area contributed by atoms with Crippen LogP contribution in [0.25, 0.3) is 54.6 Å². The third kappa shape index (κ3) is 2.63. The highest BCUT2D eigenvalue weighted by atomic mass is 79.9. The van der Waals surface area contributed by atoms with Crippen LogP contribution in [0.3, 0.4) is 0 Å². The Labute approximate surface area is 226 Å². The first-order valence-electron chi connectivity index (χ1n) is 13.1. The Hall–Kier alpha value is -3.42. The molecule has 0 aliphatic heterocycles. The average Bonchev–Trinajstić information content (AvgIpc) is 3.25. The number of fused-ring (bicyclic) bond motifs is 12. The van der Waals surface area contributed by atoms with Gasteiger partial charge < -0.3 is 0 Å². The Morgan fingerprint density at radius 2 is 0.811 bits per heavy atom. The molecule has 2 aliphatic carbocycles. The summed E-state index contributed by atoms with van der Waals surface area (Å²) in [6.07, 6.45) is 0. The van der Waals surface area contributed by atoms with Crippen molar-refractivity contribution >= 4 is 48.2 Å². The second-order valence-electron chi connectivity index (χ2n) is 11.9. The van der Waals surface area contributed by atoms with Crippen molar-refractivity contribution in [2.75, 3.05) is 0 Å². The number of halogens is 1. The van der Waals surface area contributed by atoms with Gasteiger partial charge in [0.15, 0.2) is 0 Å². The standard InChI is InChI=1S/C36H27Br/c1-35(2)31-15-20(37)13-14-25(31)29-18-34-30(19-33(29)35)28-16-26-23-11-7-5-9-21(23)22-10-6-8-12-24(22)27(26)17-32(28)36(34,3)4/h5-19H,1-4H3. The summed E-state index contributed by atoms with van der Waals surface area (Å²) in [6.45, 7) is 9.55. The lowest BCUT2D eigenvalue weighted by atomic mass is 9.79. The van der Waals surface area contributed by atoms with Crippen molar-refractivity contribution in [3.63, 3.8) is 0 Å². The van der Waals surface area contributed by atoms with E-state index in [0.717, 1.165) is 4.47 Å². The topological polar surface area (TPSA) is 0 Å². The summed E-state index contributed by atoms with van der Waals surface area (Å²) in [5.74, 6) is 0. The second-order valence-corrected chi connectivity index (χ2v) is 12.8. The molecule has 6 aromatic carbocycles. The summed E-state index contributed by atoms with van der Waals surface area (Å²) in [5.41, 5.74) is 11.2. The van der Waals surface area contributed by atoms with Gasteiger partial charge in [-0.05, 0) is 113 Å². The zero-order valence-corrected chi connectivity index (χ0v) is 23.1. The number of hydrogen-bond donors (Lipinski definition) is 0. The maximum atomic E-state index is 3.71. The zero-order valence-electron chi connectivity index (χ0n) is 21.5. The number of rotatable bonds is 0. The Balaban J connectivity index is 1.48. The van der Waals surface area contributed by atoms with Crippen LogP contribution in [0, 0.1) is 0 Å². The van der Waals surface area contributed by atoms with Gasteiger partial charge in [0.2, 0.25) is 0 Å². The normalized spacial score (nSPS) is 16.1. The predicted molar refractivity (Wildman–Crippen MR) is 162 cm³/mol. The second kappa shape index (κ2) is 6.91. The van der Waals surface area contributed by atoms with Crippen molar-refractivity contribution in [1.82, 2.24) is 0 Å². The van der Waals surface area contributed by atoms with Gasteiger partial charge >= 0.3 is 0 Å². The first kappa shape index (κ1) is 21.6. The average molecular weight is 540 g/mol. The predicted octanol–water partition coefficient (Wildman–Crippen LogP) is 10.5. The minimum absolute atomic E-state index is 0.0316. The molecule has 6 aromatic rings. The van der Waals surface area contributed by atoms with E-state index < -0.39 is 0 Å². The van der Waals surface area contributed by atoms with E-state index in [1.165, 1.54) is 76.8 Å². The number of hydrogen-bond acceptors (Lipinski definition) is 0. The highest BCUT2D eigenvalue weighted by Crippen LogP contribution is 2.57. The van der Waals surface area contributed by atoms with Crippen molar-refractivity contribution in [3.8, 4) is 22.3 Å². The van der Waals surface area contributed by atoms with Gasteiger partial charge in [0.1, 0.15) is 0 Å². The van der Waals surface area contributed by atoms with Crippen LogP contribution in [0.2, 0.25) is 0 Å². The molecule has 1 heteroatoms. The third-order valence-corrected chi connectivity index (χ3v) is 9.79. The van der Waals surface area contributed by atoms with Crippen molar-refractivity contribution in [3.05, 3.63) is 118 Å². The van der Waals surface area contributed by atoms with E-state index >= 15 is 0 Å². The van der Waals surface area contributed by atoms with Gasteiger partial charge in [0.25, 0.3) is 0 Å². The molecule has 0 N–H and O–H groups in total. The fourth-order valence-electron chi connectivity index (χ4n) is 7.33. The van der Waals surface area contributed by atoms with Crippen LogP contribution in [-0.2, 0) is 10.8 Å². The molecule has 178 valence electrons.